The first kappa shape index (κ1) is 16.3. The Balaban J connectivity index is 2.83. The van der Waals surface area contributed by atoms with Gasteiger partial charge < -0.3 is 15.3 Å². The number of phenols is 1. The molecule has 0 aliphatic carbocycles. The second-order valence-electron chi connectivity index (χ2n) is 4.52. The smallest absolute Gasteiger partial charge is 0.133 e. The number of hydrogen-bond acceptors (Lipinski definition) is 5. The first-order chi connectivity index (χ1) is 9.69. The molecule has 0 aliphatic rings. The van der Waals surface area contributed by atoms with Crippen LogP contribution in [0.4, 0.5) is 0 Å². The number of aliphatic hydroxyl groups excluding tert-OH is 2. The lowest BCUT2D eigenvalue weighted by atomic mass is 10.1. The Morgan fingerprint density at radius 1 is 0.950 bits per heavy atom. The van der Waals surface area contributed by atoms with E-state index in [1.807, 2.05) is 19.1 Å². The van der Waals surface area contributed by atoms with Gasteiger partial charge in [0.15, 0.2) is 0 Å². The van der Waals surface area contributed by atoms with Gasteiger partial charge in [-0.3, -0.25) is 9.98 Å². The Morgan fingerprint density at radius 3 is 1.80 bits per heavy atom. The van der Waals surface area contributed by atoms with Gasteiger partial charge in [0.25, 0.3) is 0 Å². The molecule has 1 aromatic rings. The molecule has 0 amide bonds. The van der Waals surface area contributed by atoms with Crippen molar-refractivity contribution in [3.8, 4) is 5.75 Å². The van der Waals surface area contributed by atoms with Crippen molar-refractivity contribution >= 4 is 12.4 Å². The third-order valence-corrected chi connectivity index (χ3v) is 2.66. The van der Waals surface area contributed by atoms with Gasteiger partial charge in [0.2, 0.25) is 0 Å². The van der Waals surface area contributed by atoms with Crippen LogP contribution in [0.1, 0.15) is 29.5 Å². The van der Waals surface area contributed by atoms with Gasteiger partial charge in [-0.2, -0.15) is 0 Å². The summed E-state index contributed by atoms with van der Waals surface area (Å²) in [6.07, 6.45) is 4.45. The van der Waals surface area contributed by atoms with Crippen molar-refractivity contribution in [3.63, 3.8) is 0 Å². The molecule has 0 bridgehead atoms. The molecule has 0 unspecified atom stereocenters. The standard InChI is InChI=1S/C15H22N2O3/c1-12-8-13(10-16-4-2-6-18)15(20)14(9-12)11-17-5-3-7-19/h8-11,18-20H,2-7H2,1H3. The van der Waals surface area contributed by atoms with Crippen LogP contribution < -0.4 is 0 Å². The van der Waals surface area contributed by atoms with Crippen LogP contribution in [-0.2, 0) is 0 Å². The van der Waals surface area contributed by atoms with Crippen LogP contribution in [0.25, 0.3) is 0 Å². The van der Waals surface area contributed by atoms with Gasteiger partial charge in [0.05, 0.1) is 0 Å². The van der Waals surface area contributed by atoms with Crippen LogP contribution in [-0.4, -0.2) is 54.1 Å². The van der Waals surface area contributed by atoms with Gasteiger partial charge in [0, 0.05) is 49.9 Å². The summed E-state index contributed by atoms with van der Waals surface area (Å²) in [5, 5.41) is 27.5. The number of hydrogen-bond donors (Lipinski definition) is 3. The lowest BCUT2D eigenvalue weighted by Crippen LogP contribution is -1.94. The van der Waals surface area contributed by atoms with E-state index in [9.17, 15) is 5.11 Å². The number of aliphatic hydroxyl groups is 2. The molecule has 0 aliphatic heterocycles. The van der Waals surface area contributed by atoms with E-state index in [1.165, 1.54) is 0 Å². The van der Waals surface area contributed by atoms with Crippen LogP contribution in [0.15, 0.2) is 22.1 Å². The molecule has 0 radical (unpaired) electrons. The third-order valence-electron chi connectivity index (χ3n) is 2.66. The summed E-state index contributed by atoms with van der Waals surface area (Å²) in [6.45, 7) is 3.23. The molecule has 5 nitrogen and oxygen atoms in total. The summed E-state index contributed by atoms with van der Waals surface area (Å²) in [7, 11) is 0. The van der Waals surface area contributed by atoms with E-state index in [1.54, 1.807) is 12.4 Å². The molecule has 0 fully saturated rings. The van der Waals surface area contributed by atoms with E-state index < -0.39 is 0 Å². The minimum atomic E-state index is 0.111. The number of aryl methyl sites for hydroxylation is 1. The molecule has 1 aromatic carbocycles. The molecule has 0 saturated carbocycles. The zero-order valence-electron chi connectivity index (χ0n) is 11.8. The second-order valence-corrected chi connectivity index (χ2v) is 4.52. The SMILES string of the molecule is Cc1cc(C=NCCCO)c(O)c(C=NCCCO)c1. The molecule has 0 aromatic heterocycles. The van der Waals surface area contributed by atoms with Gasteiger partial charge >= 0.3 is 0 Å². The topological polar surface area (TPSA) is 85.4 Å². The fourth-order valence-electron chi connectivity index (χ4n) is 1.68. The van der Waals surface area contributed by atoms with Gasteiger partial charge in [-0.1, -0.05) is 0 Å². The van der Waals surface area contributed by atoms with Crippen LogP contribution in [0.5, 0.6) is 5.75 Å². The minimum absolute atomic E-state index is 0.111. The molecular formula is C15H22N2O3. The zero-order valence-corrected chi connectivity index (χ0v) is 11.8. The maximum Gasteiger partial charge on any atom is 0.133 e. The number of phenolic OH excluding ortho intramolecular Hbond substituents is 1. The first-order valence-electron chi connectivity index (χ1n) is 6.74. The average molecular weight is 278 g/mol. The zero-order chi connectivity index (χ0) is 14.8. The Morgan fingerprint density at radius 2 is 1.40 bits per heavy atom. The average Bonchev–Trinajstić information content (AvgIpc) is 2.44. The van der Waals surface area contributed by atoms with Crippen molar-refractivity contribution in [1.82, 2.24) is 0 Å². The summed E-state index contributed by atoms with van der Waals surface area (Å²) in [5.74, 6) is 0.149. The van der Waals surface area contributed by atoms with Crippen molar-refractivity contribution in [1.29, 1.82) is 0 Å². The highest BCUT2D eigenvalue weighted by Gasteiger charge is 2.05. The summed E-state index contributed by atoms with van der Waals surface area (Å²) in [4.78, 5) is 8.32. The number of nitrogens with zero attached hydrogens (tertiary/aromatic N) is 2. The normalized spacial score (nSPS) is 11.8. The Bertz CT molecular complexity index is 431. The van der Waals surface area contributed by atoms with Gasteiger partial charge in [-0.15, -0.1) is 0 Å². The largest absolute Gasteiger partial charge is 0.507 e. The van der Waals surface area contributed by atoms with Gasteiger partial charge in [-0.25, -0.2) is 0 Å². The molecule has 1 rings (SSSR count). The van der Waals surface area contributed by atoms with Crippen molar-refractivity contribution < 1.29 is 15.3 Å². The number of aliphatic imine (C=N–C) groups is 2. The highest BCUT2D eigenvalue weighted by atomic mass is 16.3. The van der Waals surface area contributed by atoms with Crippen LogP contribution in [0, 0.1) is 6.92 Å². The maximum atomic E-state index is 10.1. The first-order valence-corrected chi connectivity index (χ1v) is 6.74. The maximum absolute atomic E-state index is 10.1. The van der Waals surface area contributed by atoms with E-state index in [-0.39, 0.29) is 19.0 Å². The Labute approximate surface area is 119 Å². The predicted molar refractivity (Wildman–Crippen MR) is 81.2 cm³/mol. The fraction of sp³-hybridized carbons (Fsp3) is 0.467. The molecule has 0 atom stereocenters. The van der Waals surface area contributed by atoms with Crippen molar-refractivity contribution in [2.75, 3.05) is 26.3 Å². The monoisotopic (exact) mass is 278 g/mol. The number of benzene rings is 1. The molecule has 3 N–H and O–H groups in total. The lowest BCUT2D eigenvalue weighted by molar-refractivity contribution is 0.291. The molecule has 5 heteroatoms. The lowest BCUT2D eigenvalue weighted by Gasteiger charge is -2.05. The van der Waals surface area contributed by atoms with Crippen molar-refractivity contribution in [3.05, 3.63) is 28.8 Å². The van der Waals surface area contributed by atoms with E-state index in [2.05, 4.69) is 9.98 Å². The molecule has 0 saturated heterocycles. The van der Waals surface area contributed by atoms with Gasteiger partial charge in [0.1, 0.15) is 5.75 Å². The Hall–Kier alpha value is -1.72. The van der Waals surface area contributed by atoms with E-state index >= 15 is 0 Å². The highest BCUT2D eigenvalue weighted by Crippen LogP contribution is 2.21. The highest BCUT2D eigenvalue weighted by molar-refractivity contribution is 5.92. The number of aromatic hydroxyl groups is 1. The molecular weight excluding hydrogens is 256 g/mol. The molecule has 0 heterocycles. The summed E-state index contributed by atoms with van der Waals surface area (Å²) >= 11 is 0. The quantitative estimate of drug-likeness (QED) is 0.495. The van der Waals surface area contributed by atoms with Crippen LogP contribution in [0.2, 0.25) is 0 Å². The van der Waals surface area contributed by atoms with Crippen molar-refractivity contribution in [2.45, 2.75) is 19.8 Å². The van der Waals surface area contributed by atoms with E-state index in [0.717, 1.165) is 5.56 Å². The number of rotatable bonds is 8. The second kappa shape index (κ2) is 9.23. The Kier molecular flexibility index (Phi) is 7.54. The molecule has 20 heavy (non-hydrogen) atoms. The van der Waals surface area contributed by atoms with Crippen molar-refractivity contribution in [2.24, 2.45) is 9.98 Å². The third kappa shape index (κ3) is 5.50. The van der Waals surface area contributed by atoms with E-state index in [0.29, 0.717) is 37.1 Å². The summed E-state index contributed by atoms with van der Waals surface area (Å²) in [6, 6.07) is 3.70. The van der Waals surface area contributed by atoms with Crippen LogP contribution >= 0.6 is 0 Å². The minimum Gasteiger partial charge on any atom is -0.507 e. The predicted octanol–water partition coefficient (Wildman–Crippen LogP) is 1.30. The summed E-state index contributed by atoms with van der Waals surface area (Å²) in [5.41, 5.74) is 2.30. The molecule has 0 spiro atoms. The van der Waals surface area contributed by atoms with E-state index in [4.69, 9.17) is 10.2 Å². The van der Waals surface area contributed by atoms with Gasteiger partial charge in [-0.05, 0) is 37.5 Å². The fourth-order valence-corrected chi connectivity index (χ4v) is 1.68. The summed E-state index contributed by atoms with van der Waals surface area (Å²) < 4.78 is 0. The van der Waals surface area contributed by atoms with Crippen LogP contribution in [0.3, 0.4) is 0 Å². The molecule has 110 valence electrons.